The first-order valence-electron chi connectivity index (χ1n) is 5.28. The lowest BCUT2D eigenvalue weighted by Gasteiger charge is -2.02. The molecule has 4 heteroatoms. The first-order chi connectivity index (χ1) is 7.72. The van der Waals surface area contributed by atoms with Crippen molar-refractivity contribution in [2.45, 2.75) is 26.2 Å². The molecular weight excluding hydrogens is 223 g/mol. The Kier molecular flexibility index (Phi) is 3.29. The van der Waals surface area contributed by atoms with Gasteiger partial charge in [0.25, 0.3) is 0 Å². The van der Waals surface area contributed by atoms with Crippen LogP contribution in [0.5, 0.6) is 0 Å². The van der Waals surface area contributed by atoms with E-state index in [2.05, 4.69) is 23.8 Å². The van der Waals surface area contributed by atoms with Crippen molar-refractivity contribution in [3.05, 3.63) is 35.2 Å². The highest BCUT2D eigenvalue weighted by Crippen LogP contribution is 2.28. The summed E-state index contributed by atoms with van der Waals surface area (Å²) in [6, 6.07) is 2.99. The van der Waals surface area contributed by atoms with Gasteiger partial charge >= 0.3 is 0 Å². The molecule has 0 fully saturated rings. The fourth-order valence-corrected chi connectivity index (χ4v) is 2.31. The second-order valence-corrected chi connectivity index (χ2v) is 4.58. The highest BCUT2D eigenvalue weighted by Gasteiger charge is 2.13. The van der Waals surface area contributed by atoms with E-state index in [9.17, 15) is 4.39 Å². The third kappa shape index (κ3) is 2.11. The van der Waals surface area contributed by atoms with Gasteiger partial charge in [-0.1, -0.05) is 13.8 Å². The quantitative estimate of drug-likeness (QED) is 0.808. The minimum absolute atomic E-state index is 0.312. The van der Waals surface area contributed by atoms with Gasteiger partial charge in [-0.3, -0.25) is 4.98 Å². The van der Waals surface area contributed by atoms with E-state index in [4.69, 9.17) is 0 Å². The average molecular weight is 236 g/mol. The molecule has 0 spiro atoms. The number of pyridine rings is 1. The largest absolute Gasteiger partial charge is 0.251 e. The maximum absolute atomic E-state index is 13.5. The molecule has 1 atom stereocenters. The molecule has 0 amide bonds. The molecule has 2 nitrogen and oxygen atoms in total. The molecule has 0 aliphatic rings. The van der Waals surface area contributed by atoms with E-state index in [0.29, 0.717) is 16.6 Å². The minimum Gasteiger partial charge on any atom is -0.251 e. The van der Waals surface area contributed by atoms with Gasteiger partial charge in [0.15, 0.2) is 5.82 Å². The van der Waals surface area contributed by atoms with Crippen LogP contribution in [-0.4, -0.2) is 9.97 Å². The summed E-state index contributed by atoms with van der Waals surface area (Å²) in [5, 5.41) is 2.64. The molecule has 0 N–H and O–H groups in total. The van der Waals surface area contributed by atoms with E-state index in [0.717, 1.165) is 12.1 Å². The van der Waals surface area contributed by atoms with Crippen LogP contribution in [0.2, 0.25) is 0 Å². The molecular formula is C12H13FN2S. The van der Waals surface area contributed by atoms with E-state index < -0.39 is 0 Å². The summed E-state index contributed by atoms with van der Waals surface area (Å²) in [7, 11) is 0. The van der Waals surface area contributed by atoms with E-state index >= 15 is 0 Å². The smallest absolute Gasteiger partial charge is 0.151 e. The van der Waals surface area contributed by atoms with Gasteiger partial charge in [-0.05, 0) is 24.5 Å². The molecule has 0 aromatic carbocycles. The van der Waals surface area contributed by atoms with Crippen LogP contribution in [0, 0.1) is 5.82 Å². The van der Waals surface area contributed by atoms with Crippen molar-refractivity contribution < 1.29 is 4.39 Å². The Bertz CT molecular complexity index is 481. The number of nitrogens with zero attached hydrogens (tertiary/aromatic N) is 2. The Morgan fingerprint density at radius 3 is 3.00 bits per heavy atom. The van der Waals surface area contributed by atoms with Crippen molar-refractivity contribution >= 4 is 11.3 Å². The fourth-order valence-electron chi connectivity index (χ4n) is 1.37. The standard InChI is InChI=1S/C12H13FN2S/c1-3-8(2)10-7-16-12(15-10)11-9(13)5-4-6-14-11/h4-8H,3H2,1-2H3. The van der Waals surface area contributed by atoms with Gasteiger partial charge in [0.05, 0.1) is 5.69 Å². The molecule has 84 valence electrons. The Balaban J connectivity index is 2.35. The van der Waals surface area contributed by atoms with Crippen molar-refractivity contribution in [2.24, 2.45) is 0 Å². The molecule has 16 heavy (non-hydrogen) atoms. The Labute approximate surface area is 98.2 Å². The van der Waals surface area contributed by atoms with Crippen LogP contribution in [0.3, 0.4) is 0 Å². The van der Waals surface area contributed by atoms with Crippen LogP contribution in [0.4, 0.5) is 4.39 Å². The number of thiazole rings is 1. The Hall–Kier alpha value is -1.29. The van der Waals surface area contributed by atoms with E-state index in [-0.39, 0.29) is 5.82 Å². The molecule has 0 aliphatic carbocycles. The third-order valence-electron chi connectivity index (χ3n) is 2.60. The summed E-state index contributed by atoms with van der Waals surface area (Å²) in [6.07, 6.45) is 2.62. The van der Waals surface area contributed by atoms with Crippen LogP contribution in [-0.2, 0) is 0 Å². The topological polar surface area (TPSA) is 25.8 Å². The van der Waals surface area contributed by atoms with Gasteiger partial charge < -0.3 is 0 Å². The Morgan fingerprint density at radius 1 is 1.50 bits per heavy atom. The summed E-state index contributed by atoms with van der Waals surface area (Å²) < 4.78 is 13.5. The second kappa shape index (κ2) is 4.70. The van der Waals surface area contributed by atoms with E-state index in [1.165, 1.54) is 17.4 Å². The van der Waals surface area contributed by atoms with Crippen LogP contribution in [0.15, 0.2) is 23.7 Å². The van der Waals surface area contributed by atoms with E-state index in [1.807, 2.05) is 5.38 Å². The molecule has 2 heterocycles. The van der Waals surface area contributed by atoms with Crippen molar-refractivity contribution in [2.75, 3.05) is 0 Å². The van der Waals surface area contributed by atoms with Gasteiger partial charge in [-0.2, -0.15) is 0 Å². The molecule has 2 aromatic rings. The second-order valence-electron chi connectivity index (χ2n) is 3.72. The number of hydrogen-bond acceptors (Lipinski definition) is 3. The number of aromatic nitrogens is 2. The predicted molar refractivity (Wildman–Crippen MR) is 64.0 cm³/mol. The molecule has 2 rings (SSSR count). The van der Waals surface area contributed by atoms with Crippen LogP contribution in [0.1, 0.15) is 31.9 Å². The normalized spacial score (nSPS) is 12.7. The zero-order valence-electron chi connectivity index (χ0n) is 9.27. The van der Waals surface area contributed by atoms with Gasteiger partial charge in [0.2, 0.25) is 0 Å². The van der Waals surface area contributed by atoms with Gasteiger partial charge in [0.1, 0.15) is 10.7 Å². The molecule has 0 bridgehead atoms. The summed E-state index contributed by atoms with van der Waals surface area (Å²) in [6.45, 7) is 4.23. The SMILES string of the molecule is CCC(C)c1csc(-c2ncccc2F)n1. The van der Waals surface area contributed by atoms with Gasteiger partial charge in [-0.15, -0.1) is 11.3 Å². The first-order valence-corrected chi connectivity index (χ1v) is 6.16. The first kappa shape index (κ1) is 11.2. The van der Waals surface area contributed by atoms with Crippen molar-refractivity contribution in [3.8, 4) is 10.7 Å². The van der Waals surface area contributed by atoms with E-state index in [1.54, 1.807) is 12.3 Å². The minimum atomic E-state index is -0.312. The fraction of sp³-hybridized carbons (Fsp3) is 0.333. The third-order valence-corrected chi connectivity index (χ3v) is 3.47. The molecule has 0 saturated heterocycles. The summed E-state index contributed by atoms with van der Waals surface area (Å²) in [5.41, 5.74) is 1.37. The number of rotatable bonds is 3. The lowest BCUT2D eigenvalue weighted by atomic mass is 10.1. The molecule has 2 aromatic heterocycles. The van der Waals surface area contributed by atoms with Crippen LogP contribution >= 0.6 is 11.3 Å². The number of hydrogen-bond donors (Lipinski definition) is 0. The zero-order valence-corrected chi connectivity index (χ0v) is 10.1. The predicted octanol–water partition coefficient (Wildman–Crippen LogP) is 3.86. The highest BCUT2D eigenvalue weighted by atomic mass is 32.1. The lowest BCUT2D eigenvalue weighted by molar-refractivity contribution is 0.625. The Morgan fingerprint density at radius 2 is 2.31 bits per heavy atom. The molecule has 0 aliphatic heterocycles. The van der Waals surface area contributed by atoms with Crippen LogP contribution < -0.4 is 0 Å². The van der Waals surface area contributed by atoms with Gasteiger partial charge in [-0.25, -0.2) is 9.37 Å². The highest BCUT2D eigenvalue weighted by molar-refractivity contribution is 7.13. The monoisotopic (exact) mass is 236 g/mol. The average Bonchev–Trinajstić information content (AvgIpc) is 2.78. The van der Waals surface area contributed by atoms with Crippen molar-refractivity contribution in [1.29, 1.82) is 0 Å². The molecule has 1 unspecified atom stereocenters. The summed E-state index contributed by atoms with van der Waals surface area (Å²) >= 11 is 1.45. The maximum Gasteiger partial charge on any atom is 0.151 e. The summed E-state index contributed by atoms with van der Waals surface area (Å²) in [4.78, 5) is 8.45. The van der Waals surface area contributed by atoms with Crippen molar-refractivity contribution in [1.82, 2.24) is 9.97 Å². The van der Waals surface area contributed by atoms with Crippen molar-refractivity contribution in [3.63, 3.8) is 0 Å². The summed E-state index contributed by atoms with van der Waals surface area (Å²) in [5.74, 6) is 0.101. The lowest BCUT2D eigenvalue weighted by Crippen LogP contribution is -1.92. The zero-order chi connectivity index (χ0) is 11.5. The molecule has 0 radical (unpaired) electrons. The number of halogens is 1. The maximum atomic E-state index is 13.5. The van der Waals surface area contributed by atoms with Crippen LogP contribution in [0.25, 0.3) is 10.7 Å². The molecule has 0 saturated carbocycles. The van der Waals surface area contributed by atoms with Gasteiger partial charge in [0, 0.05) is 11.6 Å².